The lowest BCUT2D eigenvalue weighted by Gasteiger charge is -2.17. The fraction of sp³-hybridized carbons (Fsp3) is 1.00. The molecule has 0 unspecified atom stereocenters. The third kappa shape index (κ3) is 14.2. The van der Waals surface area contributed by atoms with E-state index in [9.17, 15) is 0 Å². The van der Waals surface area contributed by atoms with Gasteiger partial charge in [-0.3, -0.25) is 0 Å². The molecule has 0 amide bonds. The van der Waals surface area contributed by atoms with Crippen molar-refractivity contribution in [2.75, 3.05) is 20.6 Å². The molecule has 0 saturated carbocycles. The summed E-state index contributed by atoms with van der Waals surface area (Å²) in [6, 6.07) is 0. The van der Waals surface area contributed by atoms with Gasteiger partial charge in [-0.2, -0.15) is 0 Å². The third-order valence-corrected chi connectivity index (χ3v) is 3.21. The van der Waals surface area contributed by atoms with Gasteiger partial charge in [-0.15, -0.1) is 0 Å². The number of halogens is 1. The number of hydrogen-bond donors (Lipinski definition) is 0. The van der Waals surface area contributed by atoms with E-state index >= 15 is 0 Å². The standard InChI is InChI=1S/C14H31ClN/c1-4-5-6-7-8-9-10-11-12-13-14-16(2,3)15/h4-14H2,1-3H3/q+1. The number of quaternary nitrogens is 1. The summed E-state index contributed by atoms with van der Waals surface area (Å²) in [6.07, 6.45) is 14.0. The molecule has 0 aliphatic rings. The molecular weight excluding hydrogens is 218 g/mol. The zero-order valence-electron chi connectivity index (χ0n) is 11.6. The molecule has 0 saturated heterocycles. The van der Waals surface area contributed by atoms with Gasteiger partial charge >= 0.3 is 0 Å². The Morgan fingerprint density at radius 1 is 0.688 bits per heavy atom. The second kappa shape index (κ2) is 10.4. The van der Waals surface area contributed by atoms with E-state index in [0.29, 0.717) is 4.00 Å². The second-order valence-electron chi connectivity index (χ2n) is 5.44. The Balaban J connectivity index is 2.99. The first-order valence-corrected chi connectivity index (χ1v) is 7.42. The maximum atomic E-state index is 6.08. The minimum Gasteiger partial charge on any atom is -0.227 e. The van der Waals surface area contributed by atoms with E-state index in [4.69, 9.17) is 11.8 Å². The molecule has 0 aromatic rings. The summed E-state index contributed by atoms with van der Waals surface area (Å²) in [4.78, 5) is 0. The van der Waals surface area contributed by atoms with E-state index in [1.807, 2.05) is 0 Å². The molecule has 0 aromatic heterocycles. The zero-order chi connectivity index (χ0) is 12.3. The van der Waals surface area contributed by atoms with Crippen LogP contribution in [0.25, 0.3) is 0 Å². The van der Waals surface area contributed by atoms with E-state index in [0.717, 1.165) is 6.54 Å². The molecular formula is C14H31ClN+. The number of hydrogen-bond acceptors (Lipinski definition) is 0. The van der Waals surface area contributed by atoms with Gasteiger partial charge in [-0.1, -0.05) is 58.3 Å². The SMILES string of the molecule is CCCCCCCCCCCC[N+](C)(C)Cl. The molecule has 0 aromatic carbocycles. The molecule has 0 N–H and O–H groups in total. The molecule has 0 heterocycles. The summed E-state index contributed by atoms with van der Waals surface area (Å²) in [5.74, 6) is 0. The Hall–Kier alpha value is 0.250. The number of unbranched alkanes of at least 4 members (excludes halogenated alkanes) is 9. The van der Waals surface area contributed by atoms with Gasteiger partial charge in [0, 0.05) is 0 Å². The first-order valence-electron chi connectivity index (χ1n) is 7.09. The van der Waals surface area contributed by atoms with Crippen molar-refractivity contribution in [3.05, 3.63) is 0 Å². The van der Waals surface area contributed by atoms with Crippen molar-refractivity contribution < 1.29 is 4.00 Å². The van der Waals surface area contributed by atoms with Gasteiger partial charge < -0.3 is 0 Å². The van der Waals surface area contributed by atoms with Crippen molar-refractivity contribution in [2.24, 2.45) is 0 Å². The topological polar surface area (TPSA) is 0 Å². The predicted molar refractivity (Wildman–Crippen MR) is 74.7 cm³/mol. The molecule has 0 atom stereocenters. The highest BCUT2D eigenvalue weighted by molar-refractivity contribution is 6.06. The van der Waals surface area contributed by atoms with Crippen molar-refractivity contribution >= 4 is 11.8 Å². The minimum atomic E-state index is 0.594. The number of rotatable bonds is 11. The quantitative estimate of drug-likeness (QED) is 0.351. The molecule has 0 spiro atoms. The van der Waals surface area contributed by atoms with Crippen LogP contribution in [0.2, 0.25) is 0 Å². The first kappa shape index (κ1) is 16.2. The molecule has 0 bridgehead atoms. The highest BCUT2D eigenvalue weighted by Gasteiger charge is 2.09. The Labute approximate surface area is 108 Å². The molecule has 0 rings (SSSR count). The molecule has 0 fully saturated rings. The predicted octanol–water partition coefficient (Wildman–Crippen LogP) is 5.14. The lowest BCUT2D eigenvalue weighted by molar-refractivity contribution is -0.771. The van der Waals surface area contributed by atoms with Gasteiger partial charge in [0.2, 0.25) is 0 Å². The summed E-state index contributed by atoms with van der Waals surface area (Å²) in [6.45, 7) is 3.37. The zero-order valence-corrected chi connectivity index (χ0v) is 12.4. The van der Waals surface area contributed by atoms with Crippen LogP contribution in [-0.2, 0) is 0 Å². The van der Waals surface area contributed by atoms with E-state index in [2.05, 4.69) is 21.0 Å². The van der Waals surface area contributed by atoms with Gasteiger partial charge in [0.1, 0.15) is 0 Å². The van der Waals surface area contributed by atoms with Crippen LogP contribution in [-0.4, -0.2) is 24.6 Å². The maximum Gasteiger partial charge on any atom is 0.164 e. The Morgan fingerprint density at radius 3 is 1.44 bits per heavy atom. The summed E-state index contributed by atoms with van der Waals surface area (Å²) < 4.78 is 0.594. The highest BCUT2D eigenvalue weighted by Crippen LogP contribution is 2.12. The summed E-state index contributed by atoms with van der Waals surface area (Å²) in [5.41, 5.74) is 0. The van der Waals surface area contributed by atoms with Crippen LogP contribution in [0.15, 0.2) is 0 Å². The van der Waals surface area contributed by atoms with Crippen molar-refractivity contribution in [1.82, 2.24) is 0 Å². The van der Waals surface area contributed by atoms with Crippen molar-refractivity contribution in [3.63, 3.8) is 0 Å². The summed E-state index contributed by atoms with van der Waals surface area (Å²) in [5, 5.41) is 0. The van der Waals surface area contributed by atoms with Crippen LogP contribution >= 0.6 is 11.8 Å². The fourth-order valence-electron chi connectivity index (χ4n) is 1.98. The maximum absolute atomic E-state index is 6.08. The van der Waals surface area contributed by atoms with Crippen LogP contribution in [0.4, 0.5) is 0 Å². The Bertz CT molecular complexity index is 140. The van der Waals surface area contributed by atoms with Gasteiger partial charge in [-0.25, -0.2) is 4.00 Å². The van der Waals surface area contributed by atoms with E-state index in [1.165, 1.54) is 64.2 Å². The van der Waals surface area contributed by atoms with Crippen LogP contribution in [0, 0.1) is 0 Å². The molecule has 98 valence electrons. The molecule has 0 radical (unpaired) electrons. The van der Waals surface area contributed by atoms with Crippen LogP contribution < -0.4 is 0 Å². The first-order chi connectivity index (χ1) is 7.56. The monoisotopic (exact) mass is 248 g/mol. The van der Waals surface area contributed by atoms with Gasteiger partial charge in [0.25, 0.3) is 0 Å². The largest absolute Gasteiger partial charge is 0.227 e. The number of nitrogens with zero attached hydrogens (tertiary/aromatic N) is 1. The average molecular weight is 249 g/mol. The van der Waals surface area contributed by atoms with Crippen LogP contribution in [0.5, 0.6) is 0 Å². The minimum absolute atomic E-state index is 0.594. The van der Waals surface area contributed by atoms with E-state index in [-0.39, 0.29) is 0 Å². The lowest BCUT2D eigenvalue weighted by Crippen LogP contribution is -2.28. The Morgan fingerprint density at radius 2 is 1.06 bits per heavy atom. The van der Waals surface area contributed by atoms with Gasteiger partial charge in [-0.05, 0) is 12.8 Å². The fourth-order valence-corrected chi connectivity index (χ4v) is 2.09. The van der Waals surface area contributed by atoms with Crippen LogP contribution in [0.1, 0.15) is 71.1 Å². The van der Waals surface area contributed by atoms with Gasteiger partial charge in [0.05, 0.1) is 20.6 Å². The van der Waals surface area contributed by atoms with Crippen LogP contribution in [0.3, 0.4) is 0 Å². The second-order valence-corrected chi connectivity index (χ2v) is 6.36. The van der Waals surface area contributed by atoms with Crippen molar-refractivity contribution in [2.45, 2.75) is 71.1 Å². The van der Waals surface area contributed by atoms with Crippen molar-refractivity contribution in [3.8, 4) is 0 Å². The average Bonchev–Trinajstić information content (AvgIpc) is 2.19. The summed E-state index contributed by atoms with van der Waals surface area (Å²) >= 11 is 6.08. The highest BCUT2D eigenvalue weighted by atomic mass is 35.5. The molecule has 1 nitrogen and oxygen atoms in total. The molecule has 16 heavy (non-hydrogen) atoms. The Kier molecular flexibility index (Phi) is 10.6. The van der Waals surface area contributed by atoms with E-state index in [1.54, 1.807) is 0 Å². The summed E-state index contributed by atoms with van der Waals surface area (Å²) in [7, 11) is 4.10. The van der Waals surface area contributed by atoms with E-state index < -0.39 is 0 Å². The normalized spacial score (nSPS) is 12.0. The molecule has 0 aliphatic carbocycles. The van der Waals surface area contributed by atoms with Gasteiger partial charge in [0.15, 0.2) is 11.8 Å². The third-order valence-electron chi connectivity index (χ3n) is 3.04. The van der Waals surface area contributed by atoms with Crippen molar-refractivity contribution in [1.29, 1.82) is 0 Å². The molecule has 2 heteroatoms. The lowest BCUT2D eigenvalue weighted by atomic mass is 10.1. The smallest absolute Gasteiger partial charge is 0.164 e. The molecule has 0 aliphatic heterocycles.